The second-order valence-corrected chi connectivity index (χ2v) is 4.53. The van der Waals surface area contributed by atoms with E-state index < -0.39 is 0 Å². The number of nitrogens with zero attached hydrogens (tertiary/aromatic N) is 2. The molecule has 1 aliphatic heterocycles. The molecular formula is C13H18N2O2. The van der Waals surface area contributed by atoms with Crippen molar-refractivity contribution in [1.29, 1.82) is 0 Å². The Morgan fingerprint density at radius 3 is 3.06 bits per heavy atom. The number of amides is 1. The number of piperidine rings is 1. The fourth-order valence-electron chi connectivity index (χ4n) is 2.20. The molecule has 1 amide bonds. The van der Waals surface area contributed by atoms with E-state index in [-0.39, 0.29) is 12.0 Å². The van der Waals surface area contributed by atoms with Crippen molar-refractivity contribution in [1.82, 2.24) is 9.88 Å². The fourth-order valence-corrected chi connectivity index (χ4v) is 2.20. The summed E-state index contributed by atoms with van der Waals surface area (Å²) in [5, 5.41) is 0. The minimum Gasteiger partial charge on any atom is -0.379 e. The average molecular weight is 234 g/mol. The Kier molecular flexibility index (Phi) is 3.74. The van der Waals surface area contributed by atoms with Gasteiger partial charge in [0, 0.05) is 32.6 Å². The lowest BCUT2D eigenvalue weighted by atomic mass is 9.95. The Labute approximate surface area is 102 Å². The summed E-state index contributed by atoms with van der Waals surface area (Å²) in [5.74, 6) is 0.560. The Balaban J connectivity index is 2.06. The predicted octanol–water partition coefficient (Wildman–Crippen LogP) is 1.58. The standard InChI is InChI=1S/C13H18N2O2/c1-10-5-7-15(9-12(10)17-2)13(16)11-4-3-6-14-8-11/h3-4,6,8,10,12H,5,7,9H2,1-2H3/t10-,12-/m1/s1. The van der Waals surface area contributed by atoms with Crippen molar-refractivity contribution in [3.63, 3.8) is 0 Å². The van der Waals surface area contributed by atoms with Crippen molar-refractivity contribution in [3.05, 3.63) is 30.1 Å². The van der Waals surface area contributed by atoms with Gasteiger partial charge >= 0.3 is 0 Å². The highest BCUT2D eigenvalue weighted by Crippen LogP contribution is 2.20. The summed E-state index contributed by atoms with van der Waals surface area (Å²) in [6.07, 6.45) is 4.42. The molecule has 0 radical (unpaired) electrons. The van der Waals surface area contributed by atoms with Crippen LogP contribution in [-0.2, 0) is 4.74 Å². The largest absolute Gasteiger partial charge is 0.379 e. The number of hydrogen-bond donors (Lipinski definition) is 0. The molecule has 2 heterocycles. The predicted molar refractivity (Wildman–Crippen MR) is 64.7 cm³/mol. The molecule has 1 aromatic heterocycles. The topological polar surface area (TPSA) is 42.4 Å². The quantitative estimate of drug-likeness (QED) is 0.780. The third-order valence-corrected chi connectivity index (χ3v) is 3.39. The van der Waals surface area contributed by atoms with Crippen molar-refractivity contribution in [2.24, 2.45) is 5.92 Å². The Morgan fingerprint density at radius 1 is 1.59 bits per heavy atom. The number of ether oxygens (including phenoxy) is 1. The van der Waals surface area contributed by atoms with E-state index in [0.717, 1.165) is 13.0 Å². The van der Waals surface area contributed by atoms with E-state index in [2.05, 4.69) is 11.9 Å². The molecule has 1 saturated heterocycles. The maximum Gasteiger partial charge on any atom is 0.255 e. The van der Waals surface area contributed by atoms with Crippen LogP contribution >= 0.6 is 0 Å². The summed E-state index contributed by atoms with van der Waals surface area (Å²) in [6.45, 7) is 3.64. The minimum absolute atomic E-state index is 0.0482. The second kappa shape index (κ2) is 5.27. The molecule has 1 aromatic rings. The van der Waals surface area contributed by atoms with E-state index in [1.54, 1.807) is 31.6 Å². The maximum absolute atomic E-state index is 12.2. The number of pyridine rings is 1. The summed E-state index contributed by atoms with van der Waals surface area (Å²) >= 11 is 0. The Hall–Kier alpha value is -1.42. The summed E-state index contributed by atoms with van der Waals surface area (Å²) in [5.41, 5.74) is 0.650. The molecule has 0 unspecified atom stereocenters. The number of rotatable bonds is 2. The molecular weight excluding hydrogens is 216 g/mol. The van der Waals surface area contributed by atoms with Crippen molar-refractivity contribution in [2.45, 2.75) is 19.4 Å². The van der Waals surface area contributed by atoms with Crippen LogP contribution in [0.15, 0.2) is 24.5 Å². The van der Waals surface area contributed by atoms with Gasteiger partial charge in [0.25, 0.3) is 5.91 Å². The number of carbonyl (C=O) groups excluding carboxylic acids is 1. The zero-order chi connectivity index (χ0) is 12.3. The third-order valence-electron chi connectivity index (χ3n) is 3.39. The van der Waals surface area contributed by atoms with Crippen LogP contribution in [0, 0.1) is 5.92 Å². The molecule has 4 nitrogen and oxygen atoms in total. The van der Waals surface area contributed by atoms with Gasteiger partial charge in [0.1, 0.15) is 0 Å². The van der Waals surface area contributed by atoms with E-state index in [1.807, 2.05) is 4.90 Å². The molecule has 2 rings (SSSR count). The van der Waals surface area contributed by atoms with Gasteiger partial charge in [0.2, 0.25) is 0 Å². The molecule has 1 fully saturated rings. The van der Waals surface area contributed by atoms with E-state index in [9.17, 15) is 4.79 Å². The van der Waals surface area contributed by atoms with Crippen LogP contribution in [0.1, 0.15) is 23.7 Å². The van der Waals surface area contributed by atoms with Crippen LogP contribution in [-0.4, -0.2) is 42.1 Å². The first-order valence-corrected chi connectivity index (χ1v) is 5.94. The monoisotopic (exact) mass is 234 g/mol. The number of hydrogen-bond acceptors (Lipinski definition) is 3. The van der Waals surface area contributed by atoms with Gasteiger partial charge in [-0.15, -0.1) is 0 Å². The number of methoxy groups -OCH3 is 1. The molecule has 0 spiro atoms. The summed E-state index contributed by atoms with van der Waals surface area (Å²) in [4.78, 5) is 18.0. The van der Waals surface area contributed by atoms with E-state index >= 15 is 0 Å². The molecule has 0 aromatic carbocycles. The highest BCUT2D eigenvalue weighted by Gasteiger charge is 2.29. The van der Waals surface area contributed by atoms with E-state index in [4.69, 9.17) is 4.74 Å². The highest BCUT2D eigenvalue weighted by molar-refractivity contribution is 5.93. The smallest absolute Gasteiger partial charge is 0.255 e. The number of aromatic nitrogens is 1. The van der Waals surface area contributed by atoms with Crippen LogP contribution in [0.2, 0.25) is 0 Å². The summed E-state index contributed by atoms with van der Waals surface area (Å²) < 4.78 is 5.41. The van der Waals surface area contributed by atoms with Gasteiger partial charge in [-0.05, 0) is 24.5 Å². The van der Waals surface area contributed by atoms with Crippen LogP contribution < -0.4 is 0 Å². The molecule has 1 aliphatic rings. The summed E-state index contributed by atoms with van der Waals surface area (Å²) in [6, 6.07) is 3.59. The second-order valence-electron chi connectivity index (χ2n) is 4.53. The zero-order valence-electron chi connectivity index (χ0n) is 10.3. The normalized spacial score (nSPS) is 24.7. The average Bonchev–Trinajstić information content (AvgIpc) is 2.39. The lowest BCUT2D eigenvalue weighted by molar-refractivity contribution is -0.00158. The molecule has 0 saturated carbocycles. The molecule has 92 valence electrons. The van der Waals surface area contributed by atoms with Crippen LogP contribution in [0.5, 0.6) is 0 Å². The lowest BCUT2D eigenvalue weighted by Gasteiger charge is -2.36. The van der Waals surface area contributed by atoms with Gasteiger partial charge in [-0.1, -0.05) is 6.92 Å². The SMILES string of the molecule is CO[C@@H]1CN(C(=O)c2cccnc2)CC[C@H]1C. The molecule has 17 heavy (non-hydrogen) atoms. The van der Waals surface area contributed by atoms with Crippen LogP contribution in [0.3, 0.4) is 0 Å². The van der Waals surface area contributed by atoms with Gasteiger partial charge in [0.05, 0.1) is 11.7 Å². The molecule has 0 N–H and O–H groups in total. The van der Waals surface area contributed by atoms with Gasteiger partial charge < -0.3 is 9.64 Å². The first kappa shape index (κ1) is 12.0. The molecule has 0 bridgehead atoms. The van der Waals surface area contributed by atoms with Crippen LogP contribution in [0.25, 0.3) is 0 Å². The van der Waals surface area contributed by atoms with Gasteiger partial charge in [-0.3, -0.25) is 9.78 Å². The maximum atomic E-state index is 12.2. The number of carbonyl (C=O) groups is 1. The van der Waals surface area contributed by atoms with Crippen molar-refractivity contribution < 1.29 is 9.53 Å². The van der Waals surface area contributed by atoms with E-state index in [0.29, 0.717) is 18.0 Å². The zero-order valence-corrected chi connectivity index (χ0v) is 10.3. The molecule has 4 heteroatoms. The Morgan fingerprint density at radius 2 is 2.41 bits per heavy atom. The van der Waals surface area contributed by atoms with E-state index in [1.165, 1.54) is 0 Å². The first-order chi connectivity index (χ1) is 8.22. The van der Waals surface area contributed by atoms with Crippen LogP contribution in [0.4, 0.5) is 0 Å². The fraction of sp³-hybridized carbons (Fsp3) is 0.538. The van der Waals surface area contributed by atoms with Crippen molar-refractivity contribution >= 4 is 5.91 Å². The minimum atomic E-state index is 0.0482. The van der Waals surface area contributed by atoms with Gasteiger partial charge in [0.15, 0.2) is 0 Å². The van der Waals surface area contributed by atoms with Crippen molar-refractivity contribution in [2.75, 3.05) is 20.2 Å². The highest BCUT2D eigenvalue weighted by atomic mass is 16.5. The first-order valence-electron chi connectivity index (χ1n) is 5.94. The Bertz CT molecular complexity index is 380. The van der Waals surface area contributed by atoms with Gasteiger partial charge in [-0.2, -0.15) is 0 Å². The molecule has 0 aliphatic carbocycles. The summed E-state index contributed by atoms with van der Waals surface area (Å²) in [7, 11) is 1.71. The lowest BCUT2D eigenvalue weighted by Crippen LogP contribution is -2.46. The molecule has 2 atom stereocenters. The number of likely N-dealkylation sites (tertiary alicyclic amines) is 1. The van der Waals surface area contributed by atoms with Gasteiger partial charge in [-0.25, -0.2) is 0 Å². The van der Waals surface area contributed by atoms with Crippen molar-refractivity contribution in [3.8, 4) is 0 Å². The third kappa shape index (κ3) is 2.64.